The molecule has 0 aliphatic carbocycles. The van der Waals surface area contributed by atoms with Crippen LogP contribution in [0.3, 0.4) is 0 Å². The van der Waals surface area contributed by atoms with Crippen LogP contribution in [0.4, 0.5) is 4.79 Å². The number of likely N-dealkylation sites (N-methyl/N-ethyl adjacent to an activating group) is 1. The highest BCUT2D eigenvalue weighted by molar-refractivity contribution is 5.83. The van der Waals surface area contributed by atoms with Crippen molar-refractivity contribution in [2.24, 2.45) is 0 Å². The zero-order chi connectivity index (χ0) is 15.2. The van der Waals surface area contributed by atoms with Crippen molar-refractivity contribution in [3.8, 4) is 0 Å². The summed E-state index contributed by atoms with van der Waals surface area (Å²) >= 11 is 0. The van der Waals surface area contributed by atoms with E-state index in [4.69, 9.17) is 4.74 Å². The molecule has 1 aliphatic heterocycles. The van der Waals surface area contributed by atoms with Crippen LogP contribution in [0.1, 0.15) is 24.4 Å². The maximum atomic E-state index is 12.1. The van der Waals surface area contributed by atoms with Gasteiger partial charge in [-0.25, -0.2) is 9.59 Å². The van der Waals surface area contributed by atoms with Gasteiger partial charge in [-0.15, -0.1) is 0 Å². The second-order valence-corrected chi connectivity index (χ2v) is 5.15. The Labute approximate surface area is 123 Å². The third-order valence-electron chi connectivity index (χ3n) is 3.50. The van der Waals surface area contributed by atoms with Crippen molar-refractivity contribution in [2.45, 2.75) is 25.0 Å². The van der Waals surface area contributed by atoms with Crippen LogP contribution in [-0.4, -0.2) is 48.3 Å². The summed E-state index contributed by atoms with van der Waals surface area (Å²) < 4.78 is 5.47. The van der Waals surface area contributed by atoms with E-state index in [0.717, 1.165) is 19.4 Å². The Balaban J connectivity index is 1.96. The Hall–Kier alpha value is -2.08. The Kier molecular flexibility index (Phi) is 5.16. The Morgan fingerprint density at radius 3 is 2.71 bits per heavy atom. The molecule has 0 radical (unpaired) electrons. The van der Waals surface area contributed by atoms with Gasteiger partial charge in [-0.2, -0.15) is 0 Å². The molecule has 0 saturated carbocycles. The zero-order valence-corrected chi connectivity index (χ0v) is 12.0. The van der Waals surface area contributed by atoms with Crippen LogP contribution < -0.4 is 5.32 Å². The van der Waals surface area contributed by atoms with Gasteiger partial charge in [0.15, 0.2) is 6.04 Å². The van der Waals surface area contributed by atoms with Crippen molar-refractivity contribution in [1.82, 2.24) is 10.2 Å². The minimum absolute atomic E-state index is 0.0424. The number of rotatable bonds is 5. The third-order valence-corrected chi connectivity index (χ3v) is 3.50. The number of hydrogen-bond acceptors (Lipinski definition) is 3. The SMILES string of the molecule is CN(CC1CCCO1)C(=O)N[C@@H](C(=O)O)c1ccccc1. The summed E-state index contributed by atoms with van der Waals surface area (Å²) in [6.45, 7) is 1.19. The van der Waals surface area contributed by atoms with Crippen LogP contribution in [-0.2, 0) is 9.53 Å². The number of urea groups is 1. The van der Waals surface area contributed by atoms with Gasteiger partial charge in [-0.3, -0.25) is 0 Å². The van der Waals surface area contributed by atoms with E-state index in [1.54, 1.807) is 37.4 Å². The fourth-order valence-corrected chi connectivity index (χ4v) is 2.34. The predicted octanol–water partition coefficient (Wildman–Crippen LogP) is 1.63. The predicted molar refractivity (Wildman–Crippen MR) is 77.0 cm³/mol. The number of carboxylic acids is 1. The fourth-order valence-electron chi connectivity index (χ4n) is 2.34. The van der Waals surface area contributed by atoms with Gasteiger partial charge in [0.1, 0.15) is 0 Å². The molecule has 114 valence electrons. The maximum absolute atomic E-state index is 12.1. The number of carboxylic acid groups (broad SMARTS) is 1. The van der Waals surface area contributed by atoms with Gasteiger partial charge in [-0.1, -0.05) is 30.3 Å². The lowest BCUT2D eigenvalue weighted by atomic mass is 10.1. The van der Waals surface area contributed by atoms with Gasteiger partial charge in [0.25, 0.3) is 0 Å². The molecule has 1 fully saturated rings. The van der Waals surface area contributed by atoms with Crippen molar-refractivity contribution >= 4 is 12.0 Å². The normalized spacial score (nSPS) is 19.0. The maximum Gasteiger partial charge on any atom is 0.330 e. The first-order chi connectivity index (χ1) is 10.1. The summed E-state index contributed by atoms with van der Waals surface area (Å²) in [4.78, 5) is 24.9. The molecule has 1 aromatic rings. The van der Waals surface area contributed by atoms with E-state index in [-0.39, 0.29) is 6.10 Å². The number of carbonyl (C=O) groups is 2. The van der Waals surface area contributed by atoms with Crippen molar-refractivity contribution in [3.63, 3.8) is 0 Å². The molecule has 2 amide bonds. The molecular weight excluding hydrogens is 272 g/mol. The first kappa shape index (κ1) is 15.3. The smallest absolute Gasteiger partial charge is 0.330 e. The van der Waals surface area contributed by atoms with Crippen molar-refractivity contribution in [3.05, 3.63) is 35.9 Å². The van der Waals surface area contributed by atoms with E-state index in [1.165, 1.54) is 4.90 Å². The Morgan fingerprint density at radius 2 is 2.14 bits per heavy atom. The third kappa shape index (κ3) is 4.19. The monoisotopic (exact) mass is 292 g/mol. The van der Waals surface area contributed by atoms with Crippen LogP contribution >= 0.6 is 0 Å². The van der Waals surface area contributed by atoms with E-state index in [1.807, 2.05) is 0 Å². The van der Waals surface area contributed by atoms with Crippen molar-refractivity contribution in [2.75, 3.05) is 20.2 Å². The molecule has 21 heavy (non-hydrogen) atoms. The van der Waals surface area contributed by atoms with Crippen LogP contribution in [0.5, 0.6) is 0 Å². The zero-order valence-electron chi connectivity index (χ0n) is 12.0. The summed E-state index contributed by atoms with van der Waals surface area (Å²) in [6.07, 6.45) is 1.97. The lowest BCUT2D eigenvalue weighted by Crippen LogP contribution is -2.44. The van der Waals surface area contributed by atoms with E-state index < -0.39 is 18.0 Å². The lowest BCUT2D eigenvalue weighted by molar-refractivity contribution is -0.139. The minimum Gasteiger partial charge on any atom is -0.479 e. The average molecular weight is 292 g/mol. The standard InChI is InChI=1S/C15H20N2O4/c1-17(10-12-8-5-9-21-12)15(20)16-13(14(18)19)11-6-3-2-4-7-11/h2-4,6-7,12-13H,5,8-10H2,1H3,(H,16,20)(H,18,19)/t12?,13-/m1/s1. The number of ether oxygens (including phenoxy) is 1. The molecule has 0 bridgehead atoms. The molecule has 6 heteroatoms. The summed E-state index contributed by atoms with van der Waals surface area (Å²) in [5.74, 6) is -1.08. The summed E-state index contributed by atoms with van der Waals surface area (Å²) in [5, 5.41) is 11.8. The van der Waals surface area contributed by atoms with Gasteiger partial charge in [-0.05, 0) is 18.4 Å². The lowest BCUT2D eigenvalue weighted by Gasteiger charge is -2.23. The summed E-state index contributed by atoms with van der Waals surface area (Å²) in [7, 11) is 1.64. The molecule has 0 aromatic heterocycles. The number of benzene rings is 1. The Morgan fingerprint density at radius 1 is 1.43 bits per heavy atom. The van der Waals surface area contributed by atoms with Gasteiger partial charge in [0, 0.05) is 20.2 Å². The molecule has 1 aromatic carbocycles. The van der Waals surface area contributed by atoms with E-state index in [0.29, 0.717) is 12.1 Å². The topological polar surface area (TPSA) is 78.9 Å². The molecule has 1 saturated heterocycles. The van der Waals surface area contributed by atoms with E-state index in [2.05, 4.69) is 5.32 Å². The number of aliphatic carboxylic acids is 1. The van der Waals surface area contributed by atoms with E-state index in [9.17, 15) is 14.7 Å². The second kappa shape index (κ2) is 7.08. The van der Waals surface area contributed by atoms with Crippen LogP contribution in [0.15, 0.2) is 30.3 Å². The van der Waals surface area contributed by atoms with Gasteiger partial charge in [0.05, 0.1) is 6.10 Å². The van der Waals surface area contributed by atoms with Crippen LogP contribution in [0.2, 0.25) is 0 Å². The van der Waals surface area contributed by atoms with Crippen LogP contribution in [0.25, 0.3) is 0 Å². The van der Waals surface area contributed by atoms with Gasteiger partial charge < -0.3 is 20.1 Å². The minimum atomic E-state index is -1.08. The van der Waals surface area contributed by atoms with Gasteiger partial charge >= 0.3 is 12.0 Å². The number of nitrogens with one attached hydrogen (secondary N) is 1. The molecule has 1 unspecified atom stereocenters. The first-order valence-corrected chi connectivity index (χ1v) is 6.99. The van der Waals surface area contributed by atoms with Crippen molar-refractivity contribution in [1.29, 1.82) is 0 Å². The molecule has 2 atom stereocenters. The molecule has 1 aliphatic rings. The quantitative estimate of drug-likeness (QED) is 0.864. The fraction of sp³-hybridized carbons (Fsp3) is 0.467. The first-order valence-electron chi connectivity index (χ1n) is 6.99. The van der Waals surface area contributed by atoms with Crippen LogP contribution in [0, 0.1) is 0 Å². The number of carbonyl (C=O) groups excluding carboxylic acids is 1. The Bertz CT molecular complexity index is 486. The summed E-state index contributed by atoms with van der Waals surface area (Å²) in [6, 6.07) is 7.18. The summed E-state index contributed by atoms with van der Waals surface area (Å²) in [5.41, 5.74) is 0.545. The van der Waals surface area contributed by atoms with Crippen molar-refractivity contribution < 1.29 is 19.4 Å². The molecule has 1 heterocycles. The molecular formula is C15H20N2O4. The highest BCUT2D eigenvalue weighted by Gasteiger charge is 2.25. The highest BCUT2D eigenvalue weighted by atomic mass is 16.5. The molecule has 2 rings (SSSR count). The molecule has 0 spiro atoms. The second-order valence-electron chi connectivity index (χ2n) is 5.15. The van der Waals surface area contributed by atoms with E-state index >= 15 is 0 Å². The average Bonchev–Trinajstić information content (AvgIpc) is 2.98. The van der Waals surface area contributed by atoms with Gasteiger partial charge in [0.2, 0.25) is 0 Å². The number of hydrogen-bond donors (Lipinski definition) is 2. The highest BCUT2D eigenvalue weighted by Crippen LogP contribution is 2.15. The molecule has 2 N–H and O–H groups in total. The number of amides is 2. The largest absolute Gasteiger partial charge is 0.479 e. The number of nitrogens with zero attached hydrogens (tertiary/aromatic N) is 1. The molecule has 6 nitrogen and oxygen atoms in total.